The number of alkyl halides is 3. The molecule has 1 heterocycles. The second-order valence-electron chi connectivity index (χ2n) is 5.09. The first kappa shape index (κ1) is 15.2. The molecule has 1 aromatic carbocycles. The molecule has 1 aromatic rings. The van der Waals surface area contributed by atoms with Crippen molar-refractivity contribution in [2.24, 2.45) is 5.92 Å². The van der Waals surface area contributed by atoms with E-state index in [1.165, 1.54) is 18.9 Å². The smallest absolute Gasteiger partial charge is 0.380 e. The fourth-order valence-corrected chi connectivity index (χ4v) is 2.45. The highest BCUT2D eigenvalue weighted by Gasteiger charge is 2.34. The molecule has 20 heavy (non-hydrogen) atoms. The molecule has 1 atom stereocenters. The third-order valence-electron chi connectivity index (χ3n) is 3.64. The number of rotatable bonds is 1. The van der Waals surface area contributed by atoms with E-state index in [4.69, 9.17) is 0 Å². The van der Waals surface area contributed by atoms with Crippen LogP contribution in [0.25, 0.3) is 0 Å². The number of hydrogen-bond acceptors (Lipinski definition) is 2. The van der Waals surface area contributed by atoms with Crippen LogP contribution in [0, 0.1) is 5.92 Å². The highest BCUT2D eigenvalue weighted by atomic mass is 19.4. The Morgan fingerprint density at radius 3 is 2.45 bits per heavy atom. The van der Waals surface area contributed by atoms with E-state index in [1.54, 1.807) is 6.07 Å². The Morgan fingerprint density at radius 1 is 1.15 bits per heavy atom. The molecule has 2 aliphatic rings. The summed E-state index contributed by atoms with van der Waals surface area (Å²) in [6, 6.07) is 4.30. The van der Waals surface area contributed by atoms with Gasteiger partial charge in [0.05, 0.1) is 5.56 Å². The first-order valence-corrected chi connectivity index (χ1v) is 7.21. The number of fused-ring (bicyclic) bond motifs is 1. The summed E-state index contributed by atoms with van der Waals surface area (Å²) in [7, 11) is 0. The molecule has 0 spiro atoms. The van der Waals surface area contributed by atoms with E-state index in [1.807, 2.05) is 13.8 Å². The first-order chi connectivity index (χ1) is 9.54. The highest BCUT2D eigenvalue weighted by Crippen LogP contribution is 2.37. The van der Waals surface area contributed by atoms with Gasteiger partial charge in [0, 0.05) is 24.8 Å². The van der Waals surface area contributed by atoms with Crippen molar-refractivity contribution in [3.05, 3.63) is 29.3 Å². The van der Waals surface area contributed by atoms with E-state index in [-0.39, 0.29) is 0 Å². The van der Waals surface area contributed by atoms with Gasteiger partial charge in [-0.2, -0.15) is 13.2 Å². The fraction of sp³-hybridized carbons (Fsp3) is 0.600. The molecule has 3 rings (SSSR count). The number of hydrogen-bond donors (Lipinski definition) is 2. The molecule has 0 radical (unpaired) electrons. The van der Waals surface area contributed by atoms with Crippen LogP contribution in [-0.4, -0.2) is 12.6 Å². The minimum Gasteiger partial charge on any atom is -0.380 e. The van der Waals surface area contributed by atoms with Crippen molar-refractivity contribution < 1.29 is 13.2 Å². The van der Waals surface area contributed by atoms with Crippen molar-refractivity contribution in [1.29, 1.82) is 0 Å². The Kier molecular flexibility index (Phi) is 4.58. The SMILES string of the molecule is CC.FC(F)(F)c1ccc2c(c1)CNCC(C1CC1)N2. The van der Waals surface area contributed by atoms with Crippen LogP contribution in [0.1, 0.15) is 37.8 Å². The molecular weight excluding hydrogens is 265 g/mol. The second kappa shape index (κ2) is 6.04. The number of anilines is 1. The minimum absolute atomic E-state index is 0.350. The molecule has 0 bridgehead atoms. The largest absolute Gasteiger partial charge is 0.416 e. The third-order valence-corrected chi connectivity index (χ3v) is 3.64. The van der Waals surface area contributed by atoms with Gasteiger partial charge in [0.25, 0.3) is 0 Å². The molecule has 1 unspecified atom stereocenters. The van der Waals surface area contributed by atoms with Crippen LogP contribution >= 0.6 is 0 Å². The summed E-state index contributed by atoms with van der Waals surface area (Å²) >= 11 is 0. The molecule has 5 heteroatoms. The summed E-state index contributed by atoms with van der Waals surface area (Å²) in [6.45, 7) is 5.32. The Balaban J connectivity index is 0.000000704. The third kappa shape index (κ3) is 3.45. The lowest BCUT2D eigenvalue weighted by Crippen LogP contribution is -2.31. The van der Waals surface area contributed by atoms with Gasteiger partial charge in [-0.1, -0.05) is 13.8 Å². The zero-order valence-corrected chi connectivity index (χ0v) is 11.8. The molecule has 2 N–H and O–H groups in total. The van der Waals surface area contributed by atoms with Gasteiger partial charge in [0.15, 0.2) is 0 Å². The standard InChI is InChI=1S/C13H15F3N2.C2H6/c14-13(15,16)10-3-4-11-9(5-10)6-17-7-12(18-11)8-1-2-8;1-2/h3-5,8,12,17-18H,1-2,6-7H2;1-2H3. The van der Waals surface area contributed by atoms with E-state index in [0.717, 1.165) is 18.3 Å². The van der Waals surface area contributed by atoms with Crippen molar-refractivity contribution in [2.45, 2.75) is 45.5 Å². The number of halogens is 3. The van der Waals surface area contributed by atoms with Crippen molar-refractivity contribution in [3.63, 3.8) is 0 Å². The molecule has 0 saturated heterocycles. The summed E-state index contributed by atoms with van der Waals surface area (Å²) in [5, 5.41) is 6.59. The predicted octanol–water partition coefficient (Wildman–Crippen LogP) is 4.03. The van der Waals surface area contributed by atoms with Crippen LogP contribution in [0.4, 0.5) is 18.9 Å². The normalized spacial score (nSPS) is 21.9. The van der Waals surface area contributed by atoms with Crippen LogP contribution in [0.2, 0.25) is 0 Å². The summed E-state index contributed by atoms with van der Waals surface area (Å²) < 4.78 is 37.9. The van der Waals surface area contributed by atoms with Gasteiger partial charge in [0.2, 0.25) is 0 Å². The number of nitrogens with one attached hydrogen (secondary N) is 2. The molecule has 0 amide bonds. The van der Waals surface area contributed by atoms with Crippen molar-refractivity contribution in [1.82, 2.24) is 5.32 Å². The van der Waals surface area contributed by atoms with Gasteiger partial charge in [-0.3, -0.25) is 0 Å². The zero-order chi connectivity index (χ0) is 14.8. The average molecular weight is 286 g/mol. The lowest BCUT2D eigenvalue weighted by Gasteiger charge is -2.17. The van der Waals surface area contributed by atoms with E-state index in [0.29, 0.717) is 24.1 Å². The summed E-state index contributed by atoms with van der Waals surface area (Å²) in [4.78, 5) is 0. The molecule has 1 saturated carbocycles. The lowest BCUT2D eigenvalue weighted by molar-refractivity contribution is -0.137. The van der Waals surface area contributed by atoms with Gasteiger partial charge < -0.3 is 10.6 Å². The Labute approximate surface area is 117 Å². The fourth-order valence-electron chi connectivity index (χ4n) is 2.45. The molecule has 112 valence electrons. The van der Waals surface area contributed by atoms with Crippen LogP contribution in [-0.2, 0) is 12.7 Å². The van der Waals surface area contributed by atoms with Gasteiger partial charge >= 0.3 is 6.18 Å². The van der Waals surface area contributed by atoms with Crippen LogP contribution in [0.15, 0.2) is 18.2 Å². The van der Waals surface area contributed by atoms with Crippen LogP contribution in [0.5, 0.6) is 0 Å². The predicted molar refractivity (Wildman–Crippen MR) is 74.6 cm³/mol. The minimum atomic E-state index is -4.27. The summed E-state index contributed by atoms with van der Waals surface area (Å²) in [6.07, 6.45) is -1.83. The first-order valence-electron chi connectivity index (χ1n) is 7.21. The maximum atomic E-state index is 12.6. The lowest BCUT2D eigenvalue weighted by atomic mass is 10.1. The average Bonchev–Trinajstić information content (AvgIpc) is 3.25. The van der Waals surface area contributed by atoms with E-state index < -0.39 is 11.7 Å². The molecule has 1 aliphatic heterocycles. The zero-order valence-electron chi connectivity index (χ0n) is 11.8. The maximum Gasteiger partial charge on any atom is 0.416 e. The van der Waals surface area contributed by atoms with E-state index >= 15 is 0 Å². The Hall–Kier alpha value is -1.23. The summed E-state index contributed by atoms with van der Waals surface area (Å²) in [5.41, 5.74) is 0.965. The molecular formula is C15H21F3N2. The Bertz CT molecular complexity index is 453. The van der Waals surface area contributed by atoms with Gasteiger partial charge in [-0.05, 0) is 42.5 Å². The van der Waals surface area contributed by atoms with E-state index in [9.17, 15) is 13.2 Å². The van der Waals surface area contributed by atoms with Crippen molar-refractivity contribution in [2.75, 3.05) is 11.9 Å². The van der Waals surface area contributed by atoms with Gasteiger partial charge in [-0.15, -0.1) is 0 Å². The second-order valence-corrected chi connectivity index (χ2v) is 5.09. The maximum absolute atomic E-state index is 12.6. The van der Waals surface area contributed by atoms with Crippen LogP contribution < -0.4 is 10.6 Å². The monoisotopic (exact) mass is 286 g/mol. The topological polar surface area (TPSA) is 24.1 Å². The van der Waals surface area contributed by atoms with Gasteiger partial charge in [-0.25, -0.2) is 0 Å². The number of benzene rings is 1. The summed E-state index contributed by atoms with van der Waals surface area (Å²) in [5.74, 6) is 0.672. The van der Waals surface area contributed by atoms with Crippen molar-refractivity contribution in [3.8, 4) is 0 Å². The van der Waals surface area contributed by atoms with Crippen LogP contribution in [0.3, 0.4) is 0 Å². The molecule has 2 nitrogen and oxygen atoms in total. The molecule has 0 aromatic heterocycles. The highest BCUT2D eigenvalue weighted by molar-refractivity contribution is 5.55. The van der Waals surface area contributed by atoms with Gasteiger partial charge in [0.1, 0.15) is 0 Å². The Morgan fingerprint density at radius 2 is 1.85 bits per heavy atom. The molecule has 1 fully saturated rings. The van der Waals surface area contributed by atoms with E-state index in [2.05, 4.69) is 10.6 Å². The van der Waals surface area contributed by atoms with Crippen molar-refractivity contribution >= 4 is 5.69 Å². The molecule has 1 aliphatic carbocycles. The quantitative estimate of drug-likeness (QED) is 0.814.